The van der Waals surface area contributed by atoms with Gasteiger partial charge in [0.15, 0.2) is 23.0 Å². The van der Waals surface area contributed by atoms with Crippen LogP contribution in [0.1, 0.15) is 54.2 Å². The van der Waals surface area contributed by atoms with Gasteiger partial charge < -0.3 is 27.4 Å². The standard InChI is InChI=1S/C57H42O7P2.C2H6/c1-2-46-47-20-8-5-15-39(47)29-33-50(46)61-66(60-45-31-27-37-13-3-4-14-38(37)28-32-45)64-53-24-12-19-43-35-42-18-11-23-52(56(42)59-57(43)53)63-65-58-36-44-26-25-40-16-6-9-21-48(40)54(44)55-49-22-10-7-17-41(49)30-34-51(55)62-65;1-2/h3-27,29-34H,2,28,35-36H2,1H3;1-2H3. The number of para-hydroxylation sites is 2. The smallest absolute Gasteiger partial charge is 0.449 e. The van der Waals surface area contributed by atoms with Crippen molar-refractivity contribution in [1.29, 1.82) is 0 Å². The van der Waals surface area contributed by atoms with Gasteiger partial charge in [-0.3, -0.25) is 4.52 Å². The first-order valence-corrected chi connectivity index (χ1v) is 25.4. The SMILES string of the molecule is CC.CCc1c(OP(OC2=CCc3ccccc3C=C2)Oc2cccc3c2Oc2c(cccc2OP2OCc4ccc5ccccc5c4-c4c(ccc5ccccc45)O2)C3)ccc2ccccc12. The van der Waals surface area contributed by atoms with Crippen molar-refractivity contribution >= 4 is 55.6 Å². The molecule has 7 nitrogen and oxygen atoms in total. The lowest BCUT2D eigenvalue weighted by Crippen LogP contribution is -2.09. The lowest BCUT2D eigenvalue weighted by atomic mass is 9.89. The number of aryl methyl sites for hydroxylation is 1. The third-order valence-electron chi connectivity index (χ3n) is 12.4. The second-order valence-electron chi connectivity index (χ2n) is 16.4. The van der Waals surface area contributed by atoms with Gasteiger partial charge in [-0.15, -0.1) is 0 Å². The Morgan fingerprint density at radius 3 is 1.93 bits per heavy atom. The van der Waals surface area contributed by atoms with E-state index in [0.717, 1.165) is 77.7 Å². The Kier molecular flexibility index (Phi) is 12.3. The zero-order valence-electron chi connectivity index (χ0n) is 38.0. The molecule has 2 heterocycles. The van der Waals surface area contributed by atoms with Crippen LogP contribution >= 0.6 is 17.2 Å². The minimum Gasteiger partial charge on any atom is -0.449 e. The molecule has 1 aliphatic carbocycles. The quantitative estimate of drug-likeness (QED) is 0.134. The predicted octanol–water partition coefficient (Wildman–Crippen LogP) is 17.2. The van der Waals surface area contributed by atoms with Gasteiger partial charge >= 0.3 is 17.2 Å². The van der Waals surface area contributed by atoms with E-state index in [9.17, 15) is 0 Å². The molecule has 2 unspecified atom stereocenters. The molecule has 9 aromatic rings. The van der Waals surface area contributed by atoms with Gasteiger partial charge in [0.2, 0.25) is 0 Å². The minimum absolute atomic E-state index is 0.295. The third-order valence-corrected chi connectivity index (χ3v) is 14.5. The minimum atomic E-state index is -2.05. The Balaban J connectivity index is 0.00000250. The molecule has 9 heteroatoms. The van der Waals surface area contributed by atoms with E-state index in [0.29, 0.717) is 59.7 Å². The van der Waals surface area contributed by atoms with Crippen LogP contribution in [0.3, 0.4) is 0 Å². The molecule has 0 saturated heterocycles. The third kappa shape index (κ3) is 8.43. The van der Waals surface area contributed by atoms with E-state index in [2.05, 4.69) is 146 Å². The molecule has 2 atom stereocenters. The van der Waals surface area contributed by atoms with Crippen molar-refractivity contribution < 1.29 is 31.9 Å². The highest BCUT2D eigenvalue weighted by Gasteiger charge is 2.32. The second-order valence-corrected chi connectivity index (χ2v) is 18.5. The van der Waals surface area contributed by atoms with Crippen molar-refractivity contribution in [2.45, 2.75) is 46.6 Å². The maximum atomic E-state index is 6.89. The highest BCUT2D eigenvalue weighted by Crippen LogP contribution is 2.56. The van der Waals surface area contributed by atoms with Crippen molar-refractivity contribution in [1.82, 2.24) is 0 Å². The average Bonchev–Trinajstić information content (AvgIpc) is 3.59. The fourth-order valence-corrected chi connectivity index (χ4v) is 11.3. The van der Waals surface area contributed by atoms with Gasteiger partial charge in [-0.25, -0.2) is 0 Å². The normalized spacial score (nSPS) is 14.9. The van der Waals surface area contributed by atoms with E-state index in [-0.39, 0.29) is 0 Å². The van der Waals surface area contributed by atoms with Crippen LogP contribution in [-0.2, 0) is 34.9 Å². The molecule has 68 heavy (non-hydrogen) atoms. The van der Waals surface area contributed by atoms with E-state index in [1.165, 1.54) is 5.56 Å². The first-order valence-electron chi connectivity index (χ1n) is 23.2. The second kappa shape index (κ2) is 19.2. The van der Waals surface area contributed by atoms with Gasteiger partial charge in [-0.05, 0) is 104 Å². The number of fused-ring (bicyclic) bond motifs is 11. The highest BCUT2D eigenvalue weighted by molar-refractivity contribution is 7.43. The molecule has 0 radical (unpaired) electrons. The molecule has 0 aromatic heterocycles. The summed E-state index contributed by atoms with van der Waals surface area (Å²) in [6, 6.07) is 58.0. The summed E-state index contributed by atoms with van der Waals surface area (Å²) in [6.07, 6.45) is 8.20. The Bertz CT molecular complexity index is 3420. The van der Waals surface area contributed by atoms with Gasteiger partial charge in [0.1, 0.15) is 17.3 Å². The first-order chi connectivity index (χ1) is 33.6. The molecule has 2 aliphatic heterocycles. The molecule has 0 bridgehead atoms. The summed E-state index contributed by atoms with van der Waals surface area (Å²) in [6.45, 7) is 6.43. The highest BCUT2D eigenvalue weighted by atomic mass is 31.2. The zero-order chi connectivity index (χ0) is 46.0. The molecule has 12 rings (SSSR count). The van der Waals surface area contributed by atoms with Crippen molar-refractivity contribution in [2.24, 2.45) is 0 Å². The van der Waals surface area contributed by atoms with Crippen LogP contribution in [0.4, 0.5) is 0 Å². The van der Waals surface area contributed by atoms with Crippen LogP contribution in [0.25, 0.3) is 49.5 Å². The molecular weight excluding hydrogens is 883 g/mol. The van der Waals surface area contributed by atoms with Crippen LogP contribution in [0.15, 0.2) is 188 Å². The number of benzene rings is 9. The summed E-state index contributed by atoms with van der Waals surface area (Å²) in [5.74, 6) is 4.21. The summed E-state index contributed by atoms with van der Waals surface area (Å²) in [5, 5.41) is 6.81. The van der Waals surface area contributed by atoms with E-state index in [4.69, 9.17) is 31.9 Å². The summed E-state index contributed by atoms with van der Waals surface area (Å²) in [5.41, 5.74) is 8.57. The fraction of sp³-hybridized carbons (Fsp3) is 0.119. The summed E-state index contributed by atoms with van der Waals surface area (Å²) >= 11 is 0. The summed E-state index contributed by atoms with van der Waals surface area (Å²) < 4.78 is 47.4. The molecule has 0 spiro atoms. The van der Waals surface area contributed by atoms with Gasteiger partial charge in [0, 0.05) is 28.7 Å². The largest absolute Gasteiger partial charge is 0.530 e. The Hall–Kier alpha value is -7.14. The number of hydrogen-bond donors (Lipinski definition) is 0. The molecule has 3 aliphatic rings. The maximum absolute atomic E-state index is 6.89. The Morgan fingerprint density at radius 2 is 1.15 bits per heavy atom. The molecule has 336 valence electrons. The summed E-state index contributed by atoms with van der Waals surface area (Å²) in [4.78, 5) is 0. The fourth-order valence-electron chi connectivity index (χ4n) is 9.23. The van der Waals surface area contributed by atoms with Crippen molar-refractivity contribution in [3.63, 3.8) is 0 Å². The van der Waals surface area contributed by atoms with Gasteiger partial charge in [-0.1, -0.05) is 172 Å². The van der Waals surface area contributed by atoms with E-state index in [1.54, 1.807) is 0 Å². The number of hydrogen-bond acceptors (Lipinski definition) is 7. The van der Waals surface area contributed by atoms with Gasteiger partial charge in [-0.2, -0.15) is 0 Å². The van der Waals surface area contributed by atoms with E-state index < -0.39 is 17.2 Å². The predicted molar refractivity (Wildman–Crippen MR) is 277 cm³/mol. The topological polar surface area (TPSA) is 64.6 Å². The van der Waals surface area contributed by atoms with Crippen LogP contribution in [0, 0.1) is 0 Å². The van der Waals surface area contributed by atoms with Crippen LogP contribution < -0.4 is 22.8 Å². The lowest BCUT2D eigenvalue weighted by Gasteiger charge is -2.28. The summed E-state index contributed by atoms with van der Waals surface area (Å²) in [7, 11) is -3.99. The number of allylic oxidation sites excluding steroid dienone is 2. The lowest BCUT2D eigenvalue weighted by molar-refractivity contribution is 0.252. The van der Waals surface area contributed by atoms with Gasteiger partial charge in [0.05, 0.1) is 6.61 Å². The molecule has 0 N–H and O–H groups in total. The molecular formula is C59H48O7P2. The molecule has 9 aromatic carbocycles. The van der Waals surface area contributed by atoms with Crippen LogP contribution in [-0.4, -0.2) is 0 Å². The van der Waals surface area contributed by atoms with Crippen LogP contribution in [0.2, 0.25) is 0 Å². The Morgan fingerprint density at radius 1 is 0.529 bits per heavy atom. The maximum Gasteiger partial charge on any atom is 0.530 e. The van der Waals surface area contributed by atoms with Gasteiger partial charge in [0.25, 0.3) is 0 Å². The van der Waals surface area contributed by atoms with Crippen LogP contribution in [0.5, 0.6) is 34.5 Å². The molecule has 0 fully saturated rings. The number of ether oxygens (including phenoxy) is 1. The monoisotopic (exact) mass is 930 g/mol. The molecule has 0 amide bonds. The number of rotatable bonds is 9. The van der Waals surface area contributed by atoms with Crippen molar-refractivity contribution in [3.05, 3.63) is 221 Å². The first kappa shape index (κ1) is 43.4. The zero-order valence-corrected chi connectivity index (χ0v) is 39.8. The Labute approximate surface area is 399 Å². The van der Waals surface area contributed by atoms with Crippen molar-refractivity contribution in [2.75, 3.05) is 0 Å². The average molecular weight is 931 g/mol. The van der Waals surface area contributed by atoms with Crippen molar-refractivity contribution in [3.8, 4) is 45.6 Å². The molecule has 0 saturated carbocycles. The van der Waals surface area contributed by atoms with E-state index >= 15 is 0 Å². The van der Waals surface area contributed by atoms with E-state index in [1.807, 2.05) is 62.4 Å².